The van der Waals surface area contributed by atoms with Crippen LogP contribution in [-0.2, 0) is 0 Å². The second-order valence-corrected chi connectivity index (χ2v) is 7.45. The molecule has 2 aliphatic carbocycles. The monoisotopic (exact) mass is 346 g/mol. The van der Waals surface area contributed by atoms with E-state index in [-0.39, 0.29) is 24.3 Å². The standard InChI is InChI=1S/C18H19FN2O2S/c19-13-5-3-11(4-6-13)15(22)9-21(14-7-8-14)18(23)17-16(12-1-2-12)20-10-24-17/h3-6,10,12,14-15,22H,1-2,7-9H2. The van der Waals surface area contributed by atoms with Crippen LogP contribution in [0.5, 0.6) is 0 Å². The van der Waals surface area contributed by atoms with E-state index >= 15 is 0 Å². The molecular formula is C18H19FN2O2S. The predicted octanol–water partition coefficient (Wildman–Crippen LogP) is 3.50. The van der Waals surface area contributed by atoms with Crippen LogP contribution < -0.4 is 0 Å². The van der Waals surface area contributed by atoms with Crippen molar-refractivity contribution in [1.82, 2.24) is 9.88 Å². The van der Waals surface area contributed by atoms with Crippen molar-refractivity contribution in [2.75, 3.05) is 6.54 Å². The van der Waals surface area contributed by atoms with Gasteiger partial charge in [0, 0.05) is 12.0 Å². The van der Waals surface area contributed by atoms with Crippen LogP contribution in [0.1, 0.15) is 58.6 Å². The molecule has 4 rings (SSSR count). The van der Waals surface area contributed by atoms with Crippen molar-refractivity contribution in [3.63, 3.8) is 0 Å². The van der Waals surface area contributed by atoms with Crippen molar-refractivity contribution in [2.45, 2.75) is 43.7 Å². The second kappa shape index (κ2) is 6.26. The number of carbonyl (C=O) groups excluding carboxylic acids is 1. The Morgan fingerprint density at radius 2 is 2.00 bits per heavy atom. The van der Waals surface area contributed by atoms with E-state index in [2.05, 4.69) is 4.98 Å². The van der Waals surface area contributed by atoms with E-state index in [0.29, 0.717) is 11.5 Å². The van der Waals surface area contributed by atoms with Gasteiger partial charge in [0.15, 0.2) is 0 Å². The molecule has 4 nitrogen and oxygen atoms in total. The summed E-state index contributed by atoms with van der Waals surface area (Å²) in [6, 6.07) is 5.99. The van der Waals surface area contributed by atoms with Crippen LogP contribution in [0.25, 0.3) is 0 Å². The SMILES string of the molecule is O=C(c1scnc1C1CC1)N(CC(O)c1ccc(F)cc1)C1CC1. The Balaban J connectivity index is 1.52. The summed E-state index contributed by atoms with van der Waals surface area (Å²) >= 11 is 1.39. The van der Waals surface area contributed by atoms with Crippen molar-refractivity contribution in [3.8, 4) is 0 Å². The first-order valence-electron chi connectivity index (χ1n) is 8.31. The fourth-order valence-electron chi connectivity index (χ4n) is 2.95. The van der Waals surface area contributed by atoms with Crippen molar-refractivity contribution in [3.05, 3.63) is 51.7 Å². The molecule has 1 N–H and O–H groups in total. The predicted molar refractivity (Wildman–Crippen MR) is 89.5 cm³/mol. The second-order valence-electron chi connectivity index (χ2n) is 6.60. The van der Waals surface area contributed by atoms with Gasteiger partial charge in [-0.25, -0.2) is 9.37 Å². The van der Waals surface area contributed by atoms with Gasteiger partial charge in [-0.15, -0.1) is 11.3 Å². The lowest BCUT2D eigenvalue weighted by molar-refractivity contribution is 0.0606. The van der Waals surface area contributed by atoms with Crippen LogP contribution in [0, 0.1) is 5.82 Å². The van der Waals surface area contributed by atoms with E-state index in [9.17, 15) is 14.3 Å². The first-order chi connectivity index (χ1) is 11.6. The van der Waals surface area contributed by atoms with Crippen LogP contribution in [0.3, 0.4) is 0 Å². The molecule has 24 heavy (non-hydrogen) atoms. The number of aliphatic hydroxyl groups excluding tert-OH is 1. The maximum atomic E-state index is 13.0. The normalized spacial score (nSPS) is 18.4. The molecule has 0 aliphatic heterocycles. The van der Waals surface area contributed by atoms with Crippen LogP contribution in [-0.4, -0.2) is 33.5 Å². The highest BCUT2D eigenvalue weighted by Gasteiger charge is 2.38. The number of thiazole rings is 1. The third-order valence-electron chi connectivity index (χ3n) is 4.63. The van der Waals surface area contributed by atoms with E-state index in [0.717, 1.165) is 36.3 Å². The smallest absolute Gasteiger partial charge is 0.266 e. The number of carbonyl (C=O) groups is 1. The van der Waals surface area contributed by atoms with E-state index in [1.807, 2.05) is 0 Å². The number of benzene rings is 1. The van der Waals surface area contributed by atoms with Crippen molar-refractivity contribution >= 4 is 17.2 Å². The number of hydrogen-bond acceptors (Lipinski definition) is 4. The lowest BCUT2D eigenvalue weighted by atomic mass is 10.1. The summed E-state index contributed by atoms with van der Waals surface area (Å²) in [5, 5.41) is 10.5. The Hall–Kier alpha value is -1.79. The van der Waals surface area contributed by atoms with E-state index in [4.69, 9.17) is 0 Å². The summed E-state index contributed by atoms with van der Waals surface area (Å²) in [4.78, 5) is 19.9. The Bertz CT molecular complexity index is 738. The first kappa shape index (κ1) is 15.7. The average molecular weight is 346 g/mol. The highest BCUT2D eigenvalue weighted by molar-refractivity contribution is 7.11. The molecular weight excluding hydrogens is 327 g/mol. The summed E-state index contributed by atoms with van der Waals surface area (Å²) < 4.78 is 13.0. The Kier molecular flexibility index (Phi) is 4.10. The third kappa shape index (κ3) is 3.21. The Morgan fingerprint density at radius 3 is 2.62 bits per heavy atom. The molecule has 2 saturated carbocycles. The molecule has 0 saturated heterocycles. The van der Waals surface area contributed by atoms with Crippen LogP contribution >= 0.6 is 11.3 Å². The lowest BCUT2D eigenvalue weighted by Gasteiger charge is -2.25. The van der Waals surface area contributed by atoms with Crippen LogP contribution in [0.2, 0.25) is 0 Å². The van der Waals surface area contributed by atoms with Crippen molar-refractivity contribution in [2.24, 2.45) is 0 Å². The van der Waals surface area contributed by atoms with E-state index in [1.54, 1.807) is 22.5 Å². The maximum Gasteiger partial charge on any atom is 0.266 e. The molecule has 126 valence electrons. The minimum Gasteiger partial charge on any atom is -0.387 e. The third-order valence-corrected chi connectivity index (χ3v) is 5.46. The molecule has 2 aliphatic rings. The Morgan fingerprint density at radius 1 is 1.29 bits per heavy atom. The van der Waals surface area contributed by atoms with Gasteiger partial charge in [-0.3, -0.25) is 4.79 Å². The van der Waals surface area contributed by atoms with E-state index in [1.165, 1.54) is 23.5 Å². The number of nitrogens with zero attached hydrogens (tertiary/aromatic N) is 2. The summed E-state index contributed by atoms with van der Waals surface area (Å²) in [6.45, 7) is 0.233. The minimum atomic E-state index is -0.813. The van der Waals surface area contributed by atoms with Gasteiger partial charge < -0.3 is 10.0 Å². The highest BCUT2D eigenvalue weighted by Crippen LogP contribution is 2.42. The zero-order valence-corrected chi connectivity index (χ0v) is 14.0. The quantitative estimate of drug-likeness (QED) is 0.871. The van der Waals surface area contributed by atoms with Gasteiger partial charge in [0.2, 0.25) is 0 Å². The molecule has 6 heteroatoms. The first-order valence-corrected chi connectivity index (χ1v) is 9.19. The molecule has 0 bridgehead atoms. The molecule has 2 aromatic rings. The average Bonchev–Trinajstić information content (AvgIpc) is 3.51. The van der Waals surface area contributed by atoms with Gasteiger partial charge in [-0.05, 0) is 43.4 Å². The molecule has 0 spiro atoms. The molecule has 2 fully saturated rings. The topological polar surface area (TPSA) is 53.4 Å². The van der Waals surface area contributed by atoms with Gasteiger partial charge >= 0.3 is 0 Å². The van der Waals surface area contributed by atoms with Gasteiger partial charge in [0.1, 0.15) is 10.7 Å². The summed E-state index contributed by atoms with van der Waals surface area (Å²) in [6.07, 6.45) is 3.34. The van der Waals surface area contributed by atoms with Crippen molar-refractivity contribution in [1.29, 1.82) is 0 Å². The molecule has 1 amide bonds. The molecule has 0 radical (unpaired) electrons. The highest BCUT2D eigenvalue weighted by atomic mass is 32.1. The van der Waals surface area contributed by atoms with E-state index < -0.39 is 6.10 Å². The molecule has 1 unspecified atom stereocenters. The van der Waals surface area contributed by atoms with Crippen molar-refractivity contribution < 1.29 is 14.3 Å². The molecule has 1 heterocycles. The number of amides is 1. The number of hydrogen-bond donors (Lipinski definition) is 1. The lowest BCUT2D eigenvalue weighted by Crippen LogP contribution is -2.36. The summed E-state index contributed by atoms with van der Waals surface area (Å²) in [7, 11) is 0. The number of halogens is 1. The minimum absolute atomic E-state index is 0.0249. The van der Waals surface area contributed by atoms with Gasteiger partial charge in [0.25, 0.3) is 5.91 Å². The molecule has 1 aromatic carbocycles. The number of aromatic nitrogens is 1. The fourth-order valence-corrected chi connectivity index (χ4v) is 3.78. The number of rotatable bonds is 6. The number of aliphatic hydroxyl groups is 1. The summed E-state index contributed by atoms with van der Waals surface area (Å²) in [5.41, 5.74) is 3.29. The van der Waals surface area contributed by atoms with Gasteiger partial charge in [0.05, 0.1) is 23.9 Å². The van der Waals surface area contributed by atoms with Gasteiger partial charge in [-0.2, -0.15) is 0 Å². The van der Waals surface area contributed by atoms with Gasteiger partial charge in [-0.1, -0.05) is 12.1 Å². The Labute approximate surface area is 144 Å². The molecule has 1 aromatic heterocycles. The zero-order chi connectivity index (χ0) is 16.7. The fraction of sp³-hybridized carbons (Fsp3) is 0.444. The van der Waals surface area contributed by atoms with Crippen LogP contribution in [0.4, 0.5) is 4.39 Å². The summed E-state index contributed by atoms with van der Waals surface area (Å²) in [5.74, 6) is 0.0705. The van der Waals surface area contributed by atoms with Crippen LogP contribution in [0.15, 0.2) is 29.8 Å². The largest absolute Gasteiger partial charge is 0.387 e. The maximum absolute atomic E-state index is 13.0. The molecule has 1 atom stereocenters. The zero-order valence-electron chi connectivity index (χ0n) is 13.2.